The van der Waals surface area contributed by atoms with Gasteiger partial charge >= 0.3 is 0 Å². The summed E-state index contributed by atoms with van der Waals surface area (Å²) in [6.45, 7) is 12.1. The number of ether oxygens (including phenoxy) is 1. The molecule has 0 saturated carbocycles. The Morgan fingerprint density at radius 2 is 1.51 bits per heavy atom. The summed E-state index contributed by atoms with van der Waals surface area (Å²) in [6.07, 6.45) is 3.94. The van der Waals surface area contributed by atoms with Gasteiger partial charge in [-0.25, -0.2) is 0 Å². The van der Waals surface area contributed by atoms with E-state index in [1.54, 1.807) is 0 Å². The number of quaternary nitrogens is 1. The molecular weight excluding hydrogens is 522 g/mol. The molecule has 1 aliphatic rings. The van der Waals surface area contributed by atoms with Crippen LogP contribution in [0.2, 0.25) is 5.02 Å². The van der Waals surface area contributed by atoms with Crippen LogP contribution in [0.25, 0.3) is 21.9 Å². The summed E-state index contributed by atoms with van der Waals surface area (Å²) in [6, 6.07) is 21.2. The van der Waals surface area contributed by atoms with Gasteiger partial charge in [0.05, 0.1) is 13.1 Å². The molecule has 35 heavy (non-hydrogen) atoms. The van der Waals surface area contributed by atoms with Gasteiger partial charge in [0, 0.05) is 33.5 Å². The lowest BCUT2D eigenvalue weighted by molar-refractivity contribution is -0.945. The normalized spacial score (nSPS) is 15.8. The second-order valence-electron chi connectivity index (χ2n) is 10.9. The van der Waals surface area contributed by atoms with Gasteiger partial charge in [-0.3, -0.25) is 0 Å². The molecule has 0 aliphatic carbocycles. The van der Waals surface area contributed by atoms with Crippen LogP contribution in [0.1, 0.15) is 51.2 Å². The Balaban J connectivity index is 0.00000289. The predicted octanol–water partition coefficient (Wildman–Crippen LogP) is 5.12. The second kappa shape index (κ2) is 10.5. The van der Waals surface area contributed by atoms with E-state index in [0.29, 0.717) is 11.6 Å². The molecule has 2 heterocycles. The number of piperidine rings is 1. The van der Waals surface area contributed by atoms with Crippen molar-refractivity contribution in [1.82, 2.24) is 0 Å². The number of furan rings is 1. The van der Waals surface area contributed by atoms with E-state index in [4.69, 9.17) is 20.8 Å². The fourth-order valence-corrected chi connectivity index (χ4v) is 5.48. The first-order valence-corrected chi connectivity index (χ1v) is 12.9. The number of rotatable bonds is 6. The van der Waals surface area contributed by atoms with Crippen molar-refractivity contribution in [3.8, 4) is 5.75 Å². The van der Waals surface area contributed by atoms with Crippen LogP contribution in [0.4, 0.5) is 0 Å². The summed E-state index contributed by atoms with van der Waals surface area (Å²) < 4.78 is 13.4. The summed E-state index contributed by atoms with van der Waals surface area (Å²) in [7, 11) is 0. The summed E-state index contributed by atoms with van der Waals surface area (Å²) in [5, 5.41) is 2.87. The fraction of sp³-hybridized carbons (Fsp3) is 0.400. The minimum absolute atomic E-state index is 0. The van der Waals surface area contributed by atoms with Crippen LogP contribution in [0.3, 0.4) is 0 Å². The predicted molar refractivity (Wildman–Crippen MR) is 142 cm³/mol. The number of fused-ring (bicyclic) bond motifs is 3. The van der Waals surface area contributed by atoms with E-state index in [1.165, 1.54) is 43.5 Å². The third-order valence-electron chi connectivity index (χ3n) is 7.34. The summed E-state index contributed by atoms with van der Waals surface area (Å²) in [5.74, 6) is 0.863. The van der Waals surface area contributed by atoms with Gasteiger partial charge < -0.3 is 30.6 Å². The molecule has 3 aromatic carbocycles. The maximum atomic E-state index is 6.26. The molecular formula is C30H35BrClNO2. The van der Waals surface area contributed by atoms with Crippen LogP contribution in [-0.4, -0.2) is 30.7 Å². The molecule has 0 unspecified atom stereocenters. The van der Waals surface area contributed by atoms with Crippen LogP contribution >= 0.6 is 11.6 Å². The number of likely N-dealkylation sites (tertiary alicyclic amines) is 1. The average molecular weight is 557 g/mol. The quantitative estimate of drug-likeness (QED) is 0.308. The fourth-order valence-electron chi connectivity index (χ4n) is 5.32. The van der Waals surface area contributed by atoms with Gasteiger partial charge in [0.2, 0.25) is 0 Å². The first-order valence-electron chi connectivity index (χ1n) is 12.5. The lowest BCUT2D eigenvalue weighted by Gasteiger charge is -2.41. The molecule has 1 saturated heterocycles. The molecule has 0 radical (unpaired) electrons. The van der Waals surface area contributed by atoms with E-state index in [2.05, 4.69) is 57.2 Å². The van der Waals surface area contributed by atoms with Crippen molar-refractivity contribution in [2.75, 3.05) is 26.2 Å². The van der Waals surface area contributed by atoms with Crippen LogP contribution < -0.4 is 21.7 Å². The largest absolute Gasteiger partial charge is 1.00 e. The molecule has 0 amide bonds. The van der Waals surface area contributed by atoms with Gasteiger partial charge in [-0.05, 0) is 54.5 Å². The minimum atomic E-state index is 0. The lowest BCUT2D eigenvalue weighted by Crippen LogP contribution is -3.00. The molecule has 4 aromatic rings. The second-order valence-corrected chi connectivity index (χ2v) is 11.4. The topological polar surface area (TPSA) is 22.4 Å². The standard InChI is InChI=1S/C30H35ClNO2.BrH/c1-30(2,3)23-9-7-22(8-10-23)21-32(15-5-4-6-16-32)17-18-33-25-12-14-27-26-13-11-24(31)19-28(26)34-29(27)20-25;/h7-14,19-20H,4-6,15-18,21H2,1-3H3;1H/q+1;/p-1. The van der Waals surface area contributed by atoms with E-state index in [9.17, 15) is 0 Å². The molecule has 0 atom stereocenters. The Morgan fingerprint density at radius 3 is 2.20 bits per heavy atom. The highest BCUT2D eigenvalue weighted by molar-refractivity contribution is 6.31. The summed E-state index contributed by atoms with van der Waals surface area (Å²) in [5.41, 5.74) is 4.67. The maximum Gasteiger partial charge on any atom is 0.139 e. The van der Waals surface area contributed by atoms with Gasteiger partial charge in [0.1, 0.15) is 36.6 Å². The Bertz CT molecular complexity index is 1280. The lowest BCUT2D eigenvalue weighted by atomic mass is 9.86. The average Bonchev–Trinajstić information content (AvgIpc) is 3.16. The van der Waals surface area contributed by atoms with E-state index in [0.717, 1.165) is 45.3 Å². The smallest absolute Gasteiger partial charge is 0.139 e. The molecule has 5 heteroatoms. The molecule has 0 spiro atoms. The van der Waals surface area contributed by atoms with Crippen molar-refractivity contribution in [1.29, 1.82) is 0 Å². The van der Waals surface area contributed by atoms with E-state index in [-0.39, 0.29) is 22.4 Å². The first-order chi connectivity index (χ1) is 16.3. The highest BCUT2D eigenvalue weighted by Crippen LogP contribution is 2.33. The van der Waals surface area contributed by atoms with Crippen LogP contribution in [0.5, 0.6) is 5.75 Å². The summed E-state index contributed by atoms with van der Waals surface area (Å²) >= 11 is 6.13. The Morgan fingerprint density at radius 1 is 0.857 bits per heavy atom. The maximum absolute atomic E-state index is 6.26. The van der Waals surface area contributed by atoms with E-state index < -0.39 is 0 Å². The van der Waals surface area contributed by atoms with Crippen LogP contribution in [-0.2, 0) is 12.0 Å². The number of hydrogen-bond donors (Lipinski definition) is 0. The minimum Gasteiger partial charge on any atom is -1.00 e. The number of nitrogens with zero attached hydrogens (tertiary/aromatic N) is 1. The van der Waals surface area contributed by atoms with Crippen LogP contribution in [0.15, 0.2) is 65.1 Å². The highest BCUT2D eigenvalue weighted by Gasteiger charge is 2.30. The van der Waals surface area contributed by atoms with Gasteiger partial charge in [-0.15, -0.1) is 0 Å². The van der Waals surface area contributed by atoms with Gasteiger partial charge in [-0.1, -0.05) is 56.6 Å². The third-order valence-corrected chi connectivity index (χ3v) is 7.58. The SMILES string of the molecule is CC(C)(C)c1ccc(C[N+]2(CCOc3ccc4c(c3)oc3cc(Cl)ccc34)CCCCC2)cc1.[Br-]. The van der Waals surface area contributed by atoms with Crippen molar-refractivity contribution >= 4 is 33.5 Å². The Kier molecular flexibility index (Phi) is 7.85. The van der Waals surface area contributed by atoms with Gasteiger partial charge in [0.15, 0.2) is 0 Å². The number of halogens is 2. The van der Waals surface area contributed by atoms with Gasteiger partial charge in [-0.2, -0.15) is 0 Å². The van der Waals surface area contributed by atoms with Crippen molar-refractivity contribution < 1.29 is 30.6 Å². The Hall–Kier alpha value is -2.01. The molecule has 1 aromatic heterocycles. The molecule has 1 fully saturated rings. The summed E-state index contributed by atoms with van der Waals surface area (Å²) in [4.78, 5) is 0. The number of hydrogen-bond acceptors (Lipinski definition) is 2. The zero-order valence-corrected chi connectivity index (χ0v) is 23.3. The molecule has 1 aliphatic heterocycles. The highest BCUT2D eigenvalue weighted by atomic mass is 79.9. The van der Waals surface area contributed by atoms with Crippen molar-refractivity contribution in [3.05, 3.63) is 76.8 Å². The van der Waals surface area contributed by atoms with E-state index >= 15 is 0 Å². The van der Waals surface area contributed by atoms with Crippen molar-refractivity contribution in [3.63, 3.8) is 0 Å². The molecule has 0 bridgehead atoms. The monoisotopic (exact) mass is 555 g/mol. The van der Waals surface area contributed by atoms with Crippen LogP contribution in [0, 0.1) is 0 Å². The molecule has 0 N–H and O–H groups in total. The Labute approximate surface area is 224 Å². The molecule has 3 nitrogen and oxygen atoms in total. The third kappa shape index (κ3) is 5.87. The zero-order valence-electron chi connectivity index (χ0n) is 20.9. The molecule has 5 rings (SSSR count). The van der Waals surface area contributed by atoms with Crippen molar-refractivity contribution in [2.24, 2.45) is 0 Å². The number of benzene rings is 3. The zero-order chi connectivity index (χ0) is 23.8. The van der Waals surface area contributed by atoms with E-state index in [1.807, 2.05) is 24.3 Å². The van der Waals surface area contributed by atoms with Crippen molar-refractivity contribution in [2.45, 2.75) is 52.0 Å². The molecule has 186 valence electrons. The van der Waals surface area contributed by atoms with Gasteiger partial charge in [0.25, 0.3) is 0 Å². The first kappa shape index (κ1) is 26.1.